The van der Waals surface area contributed by atoms with Gasteiger partial charge in [-0.15, -0.1) is 0 Å². The van der Waals surface area contributed by atoms with Crippen LogP contribution in [0.3, 0.4) is 0 Å². The van der Waals surface area contributed by atoms with E-state index in [2.05, 4.69) is 6.92 Å². The maximum absolute atomic E-state index is 11.0. The topological polar surface area (TPSA) is 98.0 Å². The van der Waals surface area contributed by atoms with E-state index in [0.29, 0.717) is 12.3 Å². The molecule has 5 nitrogen and oxygen atoms in total. The Labute approximate surface area is 172 Å². The second-order valence-electron chi connectivity index (χ2n) is 8.46. The summed E-state index contributed by atoms with van der Waals surface area (Å²) in [7, 11) is 0. The van der Waals surface area contributed by atoms with Crippen molar-refractivity contribution in [2.45, 2.75) is 116 Å². The Morgan fingerprint density at radius 2 is 1.29 bits per heavy atom. The lowest BCUT2D eigenvalue weighted by Gasteiger charge is -2.20. The van der Waals surface area contributed by atoms with Crippen molar-refractivity contribution in [3.05, 3.63) is 0 Å². The van der Waals surface area contributed by atoms with Crippen LogP contribution in [0.4, 0.5) is 0 Å². The molecule has 4 N–H and O–H groups in total. The standard InChI is InChI=1S/C23H46O5/c1-2-3-4-5-6-7-8-9-10-12-20(15-16-24)13-11-14-21(18-23(27)28)17-22(26)19-25/h20-22,24-26H,2-19H2,1H3,(H,27,28). The van der Waals surface area contributed by atoms with Crippen LogP contribution in [0.5, 0.6) is 0 Å². The number of carboxylic acids is 1. The summed E-state index contributed by atoms with van der Waals surface area (Å²) < 4.78 is 0. The zero-order valence-electron chi connectivity index (χ0n) is 18.2. The normalized spacial score (nSPS) is 14.7. The molecule has 0 aromatic heterocycles. The van der Waals surface area contributed by atoms with Gasteiger partial charge in [0, 0.05) is 13.0 Å². The van der Waals surface area contributed by atoms with Gasteiger partial charge < -0.3 is 20.4 Å². The molecule has 0 aromatic rings. The third-order valence-corrected chi connectivity index (χ3v) is 5.76. The highest BCUT2D eigenvalue weighted by atomic mass is 16.4. The molecule has 0 radical (unpaired) electrons. The SMILES string of the molecule is CCCCCCCCCCCC(CCO)CCCC(CC(=O)O)CC(O)CO. The highest BCUT2D eigenvalue weighted by molar-refractivity contribution is 5.67. The predicted octanol–water partition coefficient (Wildman–Crippen LogP) is 4.91. The second-order valence-corrected chi connectivity index (χ2v) is 8.46. The van der Waals surface area contributed by atoms with E-state index < -0.39 is 12.1 Å². The monoisotopic (exact) mass is 402 g/mol. The van der Waals surface area contributed by atoms with Crippen LogP contribution >= 0.6 is 0 Å². The Hall–Kier alpha value is -0.650. The van der Waals surface area contributed by atoms with Crippen LogP contribution in [0.2, 0.25) is 0 Å². The van der Waals surface area contributed by atoms with Crippen molar-refractivity contribution in [2.24, 2.45) is 11.8 Å². The number of rotatable bonds is 21. The number of carbonyl (C=O) groups is 1. The van der Waals surface area contributed by atoms with E-state index in [1.54, 1.807) is 0 Å². The fourth-order valence-corrected chi connectivity index (χ4v) is 4.06. The molecule has 5 heteroatoms. The summed E-state index contributed by atoms with van der Waals surface area (Å²) >= 11 is 0. The van der Waals surface area contributed by atoms with Crippen LogP contribution in [-0.4, -0.2) is 45.7 Å². The summed E-state index contributed by atoms with van der Waals surface area (Å²) in [6, 6.07) is 0. The minimum atomic E-state index is -0.850. The number of unbranched alkanes of at least 4 members (excludes halogenated alkanes) is 8. The van der Waals surface area contributed by atoms with Crippen LogP contribution in [0.15, 0.2) is 0 Å². The Morgan fingerprint density at radius 3 is 1.82 bits per heavy atom. The van der Waals surface area contributed by atoms with Gasteiger partial charge in [-0.3, -0.25) is 4.79 Å². The molecule has 0 amide bonds. The molecule has 0 aromatic carbocycles. The molecule has 28 heavy (non-hydrogen) atoms. The van der Waals surface area contributed by atoms with Crippen molar-refractivity contribution in [1.82, 2.24) is 0 Å². The van der Waals surface area contributed by atoms with E-state index in [9.17, 15) is 15.0 Å². The van der Waals surface area contributed by atoms with Crippen LogP contribution in [0, 0.1) is 11.8 Å². The average Bonchev–Trinajstić information content (AvgIpc) is 2.65. The molecule has 0 heterocycles. The van der Waals surface area contributed by atoms with Gasteiger partial charge in [-0.1, -0.05) is 84.0 Å². The smallest absolute Gasteiger partial charge is 0.303 e. The van der Waals surface area contributed by atoms with Gasteiger partial charge in [0.2, 0.25) is 0 Å². The third-order valence-electron chi connectivity index (χ3n) is 5.76. The summed E-state index contributed by atoms with van der Waals surface area (Å²) in [4.78, 5) is 11.0. The molecular weight excluding hydrogens is 356 g/mol. The molecular formula is C23H46O5. The zero-order valence-corrected chi connectivity index (χ0v) is 18.2. The first-order valence-corrected chi connectivity index (χ1v) is 11.6. The molecule has 0 saturated heterocycles. The first-order valence-electron chi connectivity index (χ1n) is 11.6. The summed E-state index contributed by atoms with van der Waals surface area (Å²) in [5.74, 6) is -0.443. The number of hydrogen-bond acceptors (Lipinski definition) is 4. The first-order chi connectivity index (χ1) is 13.5. The zero-order chi connectivity index (χ0) is 21.0. The second kappa shape index (κ2) is 19.7. The molecule has 0 aliphatic carbocycles. The number of aliphatic hydroxyl groups is 3. The van der Waals surface area contributed by atoms with Gasteiger partial charge in [0.15, 0.2) is 0 Å². The van der Waals surface area contributed by atoms with Gasteiger partial charge in [-0.05, 0) is 31.1 Å². The fourth-order valence-electron chi connectivity index (χ4n) is 4.06. The summed E-state index contributed by atoms with van der Waals surface area (Å²) in [6.45, 7) is 2.14. The Kier molecular flexibility index (Phi) is 19.2. The average molecular weight is 403 g/mol. The van der Waals surface area contributed by atoms with Crippen LogP contribution in [0.1, 0.15) is 110 Å². The number of aliphatic carboxylic acids is 1. The van der Waals surface area contributed by atoms with Gasteiger partial charge >= 0.3 is 5.97 Å². The lowest BCUT2D eigenvalue weighted by atomic mass is 9.87. The number of carboxylic acid groups (broad SMARTS) is 1. The van der Waals surface area contributed by atoms with Crippen molar-refractivity contribution < 1.29 is 25.2 Å². The Balaban J connectivity index is 3.96. The molecule has 0 aliphatic heterocycles. The van der Waals surface area contributed by atoms with Crippen molar-refractivity contribution in [1.29, 1.82) is 0 Å². The molecule has 3 unspecified atom stereocenters. The summed E-state index contributed by atoms with van der Waals surface area (Å²) in [5, 5.41) is 36.9. The van der Waals surface area contributed by atoms with E-state index in [4.69, 9.17) is 10.2 Å². The van der Waals surface area contributed by atoms with Crippen LogP contribution in [0.25, 0.3) is 0 Å². The van der Waals surface area contributed by atoms with Crippen molar-refractivity contribution in [3.8, 4) is 0 Å². The van der Waals surface area contributed by atoms with Crippen LogP contribution in [-0.2, 0) is 4.79 Å². The molecule has 3 atom stereocenters. The van der Waals surface area contributed by atoms with Crippen molar-refractivity contribution in [2.75, 3.05) is 13.2 Å². The molecule has 0 saturated carbocycles. The molecule has 0 bridgehead atoms. The largest absolute Gasteiger partial charge is 0.481 e. The molecule has 0 aliphatic rings. The fraction of sp³-hybridized carbons (Fsp3) is 0.957. The van der Waals surface area contributed by atoms with E-state index in [0.717, 1.165) is 32.1 Å². The van der Waals surface area contributed by atoms with Crippen molar-refractivity contribution in [3.63, 3.8) is 0 Å². The van der Waals surface area contributed by atoms with Gasteiger partial charge in [0.05, 0.1) is 12.7 Å². The van der Waals surface area contributed by atoms with E-state index in [1.165, 1.54) is 57.8 Å². The van der Waals surface area contributed by atoms with Gasteiger partial charge in [0.25, 0.3) is 0 Å². The van der Waals surface area contributed by atoms with Crippen molar-refractivity contribution >= 4 is 5.97 Å². The maximum Gasteiger partial charge on any atom is 0.303 e. The van der Waals surface area contributed by atoms with Crippen LogP contribution < -0.4 is 0 Å². The van der Waals surface area contributed by atoms with Gasteiger partial charge in [-0.25, -0.2) is 0 Å². The van der Waals surface area contributed by atoms with Gasteiger partial charge in [-0.2, -0.15) is 0 Å². The third kappa shape index (κ3) is 17.4. The maximum atomic E-state index is 11.0. The van der Waals surface area contributed by atoms with Gasteiger partial charge in [0.1, 0.15) is 0 Å². The lowest BCUT2D eigenvalue weighted by Crippen LogP contribution is -2.20. The molecule has 0 fully saturated rings. The number of hydrogen-bond donors (Lipinski definition) is 4. The van der Waals surface area contributed by atoms with E-state index in [-0.39, 0.29) is 25.6 Å². The highest BCUT2D eigenvalue weighted by Gasteiger charge is 2.18. The predicted molar refractivity (Wildman–Crippen MR) is 114 cm³/mol. The minimum Gasteiger partial charge on any atom is -0.481 e. The molecule has 0 rings (SSSR count). The highest BCUT2D eigenvalue weighted by Crippen LogP contribution is 2.25. The lowest BCUT2D eigenvalue weighted by molar-refractivity contribution is -0.138. The Morgan fingerprint density at radius 1 is 0.750 bits per heavy atom. The minimum absolute atomic E-state index is 0.0416. The van der Waals surface area contributed by atoms with E-state index in [1.807, 2.05) is 0 Å². The quantitative estimate of drug-likeness (QED) is 0.204. The van der Waals surface area contributed by atoms with E-state index >= 15 is 0 Å². The molecule has 0 spiro atoms. The summed E-state index contributed by atoms with van der Waals surface area (Å²) in [6.07, 6.45) is 16.0. The molecule has 168 valence electrons. The first kappa shape index (κ1) is 27.4. The summed E-state index contributed by atoms with van der Waals surface area (Å²) in [5.41, 5.74) is 0. The Bertz CT molecular complexity index is 348. The number of aliphatic hydroxyl groups excluding tert-OH is 3.